The highest BCUT2D eigenvalue weighted by Crippen LogP contribution is 2.45. The monoisotopic (exact) mass is 308 g/mol. The van der Waals surface area contributed by atoms with Crippen molar-refractivity contribution in [3.05, 3.63) is 23.2 Å². The van der Waals surface area contributed by atoms with E-state index in [1.165, 1.54) is 4.88 Å². The first-order valence-corrected chi connectivity index (χ1v) is 7.40. The lowest BCUT2D eigenvalue weighted by Gasteiger charge is -2.14. The number of aromatic nitrogens is 1. The molecule has 6 heteroatoms. The van der Waals surface area contributed by atoms with Crippen molar-refractivity contribution in [3.63, 3.8) is 0 Å². The zero-order valence-electron chi connectivity index (χ0n) is 12.9. The summed E-state index contributed by atoms with van der Waals surface area (Å²) in [7, 11) is 6.75. The highest BCUT2D eigenvalue weighted by atomic mass is 32.1. The highest BCUT2D eigenvalue weighted by molar-refractivity contribution is 7.15. The molecule has 0 aliphatic rings. The Morgan fingerprint density at radius 3 is 2.38 bits per heavy atom. The molecule has 5 nitrogen and oxygen atoms in total. The maximum Gasteiger partial charge on any atom is 0.204 e. The Kier molecular flexibility index (Phi) is 5.03. The maximum absolute atomic E-state index is 5.51. The lowest BCUT2D eigenvalue weighted by atomic mass is 10.2. The summed E-state index contributed by atoms with van der Waals surface area (Å²) in [4.78, 5) is 5.67. The number of hydrogen-bond acceptors (Lipinski definition) is 6. The fraction of sp³-hybridized carbons (Fsp3) is 0.400. The van der Waals surface area contributed by atoms with Crippen molar-refractivity contribution >= 4 is 11.3 Å². The van der Waals surface area contributed by atoms with Crippen molar-refractivity contribution < 1.29 is 14.2 Å². The number of thiazole rings is 1. The van der Waals surface area contributed by atoms with E-state index in [9.17, 15) is 0 Å². The number of nitrogens with one attached hydrogen (secondary N) is 1. The average molecular weight is 308 g/mol. The Morgan fingerprint density at radius 1 is 1.10 bits per heavy atom. The average Bonchev–Trinajstić information content (AvgIpc) is 3.02. The second-order valence-electron chi connectivity index (χ2n) is 4.46. The molecule has 1 N–H and O–H groups in total. The molecule has 114 valence electrons. The molecule has 1 atom stereocenters. The highest BCUT2D eigenvalue weighted by Gasteiger charge is 2.19. The lowest BCUT2D eigenvalue weighted by molar-refractivity contribution is 0.325. The molecular weight excluding hydrogens is 288 g/mol. The SMILES string of the molecule is CNC(C)c1cnc(-c2ccc(OC)c(OC)c2OC)s1. The lowest BCUT2D eigenvalue weighted by Crippen LogP contribution is -2.10. The first-order valence-electron chi connectivity index (χ1n) is 6.58. The van der Waals surface area contributed by atoms with Crippen LogP contribution in [0.5, 0.6) is 17.2 Å². The number of rotatable bonds is 6. The Hall–Kier alpha value is -1.79. The smallest absolute Gasteiger partial charge is 0.204 e. The van der Waals surface area contributed by atoms with E-state index in [0.717, 1.165) is 10.6 Å². The Labute approximate surface area is 128 Å². The molecule has 1 aromatic carbocycles. The van der Waals surface area contributed by atoms with Crippen LogP contribution in [0.2, 0.25) is 0 Å². The fourth-order valence-corrected chi connectivity index (χ4v) is 3.02. The maximum atomic E-state index is 5.51. The van der Waals surface area contributed by atoms with Crippen LogP contribution < -0.4 is 19.5 Å². The summed E-state index contributed by atoms with van der Waals surface area (Å²) in [5.74, 6) is 1.85. The summed E-state index contributed by atoms with van der Waals surface area (Å²) in [5, 5.41) is 4.10. The minimum absolute atomic E-state index is 0.266. The van der Waals surface area contributed by atoms with E-state index in [0.29, 0.717) is 17.2 Å². The summed E-state index contributed by atoms with van der Waals surface area (Å²) in [6, 6.07) is 4.06. The van der Waals surface area contributed by atoms with Gasteiger partial charge in [-0.1, -0.05) is 0 Å². The Balaban J connectivity index is 2.51. The van der Waals surface area contributed by atoms with Crippen LogP contribution in [-0.4, -0.2) is 33.4 Å². The van der Waals surface area contributed by atoms with E-state index in [2.05, 4.69) is 17.2 Å². The van der Waals surface area contributed by atoms with Crippen molar-refractivity contribution in [1.82, 2.24) is 10.3 Å². The number of benzene rings is 1. The molecule has 1 unspecified atom stereocenters. The molecule has 0 fully saturated rings. The molecule has 2 rings (SSSR count). The number of ether oxygens (including phenoxy) is 3. The van der Waals surface area contributed by atoms with Crippen LogP contribution in [-0.2, 0) is 0 Å². The normalized spacial score (nSPS) is 12.0. The Morgan fingerprint density at radius 2 is 1.81 bits per heavy atom. The molecular formula is C15H20N2O3S. The third-order valence-electron chi connectivity index (χ3n) is 3.32. The zero-order valence-corrected chi connectivity index (χ0v) is 13.7. The van der Waals surface area contributed by atoms with Crippen molar-refractivity contribution in [2.24, 2.45) is 0 Å². The molecule has 0 radical (unpaired) electrons. The topological polar surface area (TPSA) is 52.6 Å². The van der Waals surface area contributed by atoms with Gasteiger partial charge in [-0.3, -0.25) is 0 Å². The predicted molar refractivity (Wildman–Crippen MR) is 84.7 cm³/mol. The molecule has 0 saturated heterocycles. The molecule has 0 bridgehead atoms. The van der Waals surface area contributed by atoms with Crippen LogP contribution in [0.1, 0.15) is 17.8 Å². The largest absolute Gasteiger partial charge is 0.493 e. The standard InChI is InChI=1S/C15H20N2O3S/c1-9(16-2)12-8-17-15(21-12)10-6-7-11(18-3)14(20-5)13(10)19-4/h6-9,16H,1-5H3. The van der Waals surface area contributed by atoms with Crippen LogP contribution in [0.4, 0.5) is 0 Å². The van der Waals surface area contributed by atoms with E-state index in [4.69, 9.17) is 14.2 Å². The minimum atomic E-state index is 0.266. The van der Waals surface area contributed by atoms with Gasteiger partial charge >= 0.3 is 0 Å². The van der Waals surface area contributed by atoms with Gasteiger partial charge in [0.15, 0.2) is 11.5 Å². The van der Waals surface area contributed by atoms with E-state index in [1.807, 2.05) is 25.4 Å². The molecule has 0 saturated carbocycles. The summed E-state index contributed by atoms with van der Waals surface area (Å²) in [5.41, 5.74) is 0.898. The van der Waals surface area contributed by atoms with Crippen molar-refractivity contribution in [3.8, 4) is 27.8 Å². The first-order chi connectivity index (χ1) is 10.2. The van der Waals surface area contributed by atoms with Crippen LogP contribution in [0.3, 0.4) is 0 Å². The van der Waals surface area contributed by atoms with Crippen molar-refractivity contribution in [1.29, 1.82) is 0 Å². The number of hydrogen-bond donors (Lipinski definition) is 1. The molecule has 0 spiro atoms. The summed E-state index contributed by atoms with van der Waals surface area (Å²) < 4.78 is 16.2. The second kappa shape index (κ2) is 6.78. The van der Waals surface area contributed by atoms with Gasteiger partial charge in [0.25, 0.3) is 0 Å². The van der Waals surface area contributed by atoms with Gasteiger partial charge in [-0.25, -0.2) is 4.98 Å². The van der Waals surface area contributed by atoms with E-state index in [1.54, 1.807) is 32.7 Å². The van der Waals surface area contributed by atoms with Crippen LogP contribution >= 0.6 is 11.3 Å². The van der Waals surface area contributed by atoms with Gasteiger partial charge in [0, 0.05) is 17.1 Å². The van der Waals surface area contributed by atoms with Crippen LogP contribution in [0, 0.1) is 0 Å². The van der Waals surface area contributed by atoms with Gasteiger partial charge in [0.2, 0.25) is 5.75 Å². The van der Waals surface area contributed by atoms with Gasteiger partial charge in [-0.2, -0.15) is 0 Å². The molecule has 21 heavy (non-hydrogen) atoms. The van der Waals surface area contributed by atoms with Gasteiger partial charge in [-0.15, -0.1) is 11.3 Å². The fourth-order valence-electron chi connectivity index (χ4n) is 2.02. The molecule has 0 aliphatic carbocycles. The molecule has 0 amide bonds. The van der Waals surface area contributed by atoms with E-state index >= 15 is 0 Å². The number of methoxy groups -OCH3 is 3. The molecule has 0 aliphatic heterocycles. The van der Waals surface area contributed by atoms with Crippen LogP contribution in [0.25, 0.3) is 10.6 Å². The van der Waals surface area contributed by atoms with E-state index < -0.39 is 0 Å². The number of nitrogens with zero attached hydrogens (tertiary/aromatic N) is 1. The molecule has 1 heterocycles. The van der Waals surface area contributed by atoms with Crippen molar-refractivity contribution in [2.75, 3.05) is 28.4 Å². The van der Waals surface area contributed by atoms with Gasteiger partial charge in [-0.05, 0) is 26.1 Å². The minimum Gasteiger partial charge on any atom is -0.493 e. The summed E-state index contributed by atoms with van der Waals surface area (Å²) >= 11 is 1.63. The molecule has 2 aromatic rings. The third kappa shape index (κ3) is 2.96. The third-order valence-corrected chi connectivity index (χ3v) is 4.53. The van der Waals surface area contributed by atoms with Gasteiger partial charge in [0.05, 0.1) is 26.9 Å². The van der Waals surface area contributed by atoms with Gasteiger partial charge < -0.3 is 19.5 Å². The zero-order chi connectivity index (χ0) is 15.4. The van der Waals surface area contributed by atoms with Crippen LogP contribution in [0.15, 0.2) is 18.3 Å². The van der Waals surface area contributed by atoms with Crippen molar-refractivity contribution in [2.45, 2.75) is 13.0 Å². The van der Waals surface area contributed by atoms with Gasteiger partial charge in [0.1, 0.15) is 5.01 Å². The first kappa shape index (κ1) is 15.6. The van der Waals surface area contributed by atoms with E-state index in [-0.39, 0.29) is 6.04 Å². The predicted octanol–water partition coefficient (Wildman–Crippen LogP) is 3.12. The second-order valence-corrected chi connectivity index (χ2v) is 5.52. The Bertz CT molecular complexity index is 613. The molecule has 1 aromatic heterocycles. The quantitative estimate of drug-likeness (QED) is 0.888. The summed E-state index contributed by atoms with van der Waals surface area (Å²) in [6.45, 7) is 2.10. The summed E-state index contributed by atoms with van der Waals surface area (Å²) in [6.07, 6.45) is 1.89.